The number of hydrazone groups is 1. The first-order valence-electron chi connectivity index (χ1n) is 9.70. The summed E-state index contributed by atoms with van der Waals surface area (Å²) in [7, 11) is 0. The number of carbonyl (C=O) groups is 1. The summed E-state index contributed by atoms with van der Waals surface area (Å²) in [5.41, 5.74) is 12.0. The molecule has 0 bridgehead atoms. The summed E-state index contributed by atoms with van der Waals surface area (Å²) < 4.78 is 26.7. The first-order chi connectivity index (χ1) is 14.6. The Hall–Kier alpha value is -3.51. The molecule has 2 aliphatic rings. The smallest absolute Gasteiger partial charge is 0.249 e. The van der Waals surface area contributed by atoms with E-state index in [1.165, 1.54) is 29.3 Å². The molecular weight excluding hydrogens is 388 g/mol. The Morgan fingerprint density at radius 3 is 2.50 bits per heavy atom. The lowest BCUT2D eigenvalue weighted by molar-refractivity contribution is -0.132. The molecule has 1 saturated carbocycles. The minimum absolute atomic E-state index is 0.0501. The third-order valence-corrected chi connectivity index (χ3v) is 5.45. The summed E-state index contributed by atoms with van der Waals surface area (Å²) in [5.74, 6) is -1.12. The van der Waals surface area contributed by atoms with Crippen LogP contribution in [0.4, 0.5) is 8.78 Å². The zero-order valence-electron chi connectivity index (χ0n) is 16.1. The summed E-state index contributed by atoms with van der Waals surface area (Å²) in [6, 6.07) is 11.9. The zero-order valence-corrected chi connectivity index (χ0v) is 16.1. The zero-order chi connectivity index (χ0) is 21.1. The molecule has 1 fully saturated rings. The molecule has 1 amide bonds. The molecule has 1 aliphatic heterocycles. The van der Waals surface area contributed by atoms with Gasteiger partial charge in [0.15, 0.2) is 0 Å². The maximum atomic E-state index is 13.5. The minimum Gasteiger partial charge on any atom is -0.273 e. The van der Waals surface area contributed by atoms with Gasteiger partial charge in [0.05, 0.1) is 11.8 Å². The maximum absolute atomic E-state index is 13.5. The number of fused-ring (bicyclic) bond motifs is 1. The SMILES string of the molecule is [N-]=[N+]=NCC(=O)N1N=C2/C(=C\c3ccc(F)cc3)CCCC2C1c1ccc(F)cc1. The van der Waals surface area contributed by atoms with Gasteiger partial charge in [0, 0.05) is 10.8 Å². The van der Waals surface area contributed by atoms with Crippen molar-refractivity contribution < 1.29 is 13.6 Å². The van der Waals surface area contributed by atoms with Crippen LogP contribution in [0, 0.1) is 17.6 Å². The van der Waals surface area contributed by atoms with Crippen LogP contribution >= 0.6 is 0 Å². The van der Waals surface area contributed by atoms with Crippen LogP contribution in [0.1, 0.15) is 36.4 Å². The van der Waals surface area contributed by atoms with Crippen LogP contribution in [0.25, 0.3) is 16.5 Å². The number of hydrogen-bond donors (Lipinski definition) is 0. The molecular formula is C22H19F2N5O. The third kappa shape index (κ3) is 3.95. The fraction of sp³-hybridized carbons (Fsp3) is 0.273. The molecule has 4 rings (SSSR count). The molecule has 1 aliphatic carbocycles. The van der Waals surface area contributed by atoms with Gasteiger partial charge in [0.25, 0.3) is 0 Å². The standard InChI is InChI=1S/C22H19F2N5O/c23-17-8-4-14(5-9-17)12-16-2-1-3-19-21(16)27-29(20(30)13-26-28-25)22(19)15-6-10-18(24)11-7-15/h4-12,19,22H,1-3,13H2/b16-12-. The van der Waals surface area contributed by atoms with Gasteiger partial charge < -0.3 is 0 Å². The maximum Gasteiger partial charge on any atom is 0.249 e. The first kappa shape index (κ1) is 19.8. The van der Waals surface area contributed by atoms with Crippen molar-refractivity contribution >= 4 is 17.7 Å². The van der Waals surface area contributed by atoms with Gasteiger partial charge in [-0.3, -0.25) is 4.79 Å². The highest BCUT2D eigenvalue weighted by atomic mass is 19.1. The van der Waals surface area contributed by atoms with Crippen LogP contribution in [0.3, 0.4) is 0 Å². The molecule has 1 heterocycles. The predicted octanol–water partition coefficient (Wildman–Crippen LogP) is 5.40. The number of azide groups is 1. The van der Waals surface area contributed by atoms with Gasteiger partial charge >= 0.3 is 0 Å². The van der Waals surface area contributed by atoms with E-state index in [-0.39, 0.29) is 30.1 Å². The molecule has 2 unspecified atom stereocenters. The molecule has 2 atom stereocenters. The number of halogens is 2. The second kappa shape index (κ2) is 8.47. The quantitative estimate of drug-likeness (QED) is 0.380. The van der Waals surface area contributed by atoms with Gasteiger partial charge in [-0.25, -0.2) is 13.8 Å². The lowest BCUT2D eigenvalue weighted by Gasteiger charge is -2.29. The molecule has 0 saturated heterocycles. The largest absolute Gasteiger partial charge is 0.273 e. The van der Waals surface area contributed by atoms with E-state index in [2.05, 4.69) is 15.1 Å². The van der Waals surface area contributed by atoms with Gasteiger partial charge in [-0.05, 0) is 71.8 Å². The van der Waals surface area contributed by atoms with E-state index in [0.717, 1.165) is 41.7 Å². The summed E-state index contributed by atoms with van der Waals surface area (Å²) >= 11 is 0. The molecule has 30 heavy (non-hydrogen) atoms. The van der Waals surface area contributed by atoms with E-state index in [4.69, 9.17) is 5.53 Å². The van der Waals surface area contributed by atoms with Gasteiger partial charge in [0.2, 0.25) is 5.91 Å². The molecule has 0 N–H and O–H groups in total. The monoisotopic (exact) mass is 407 g/mol. The Morgan fingerprint density at radius 1 is 1.17 bits per heavy atom. The van der Waals surface area contributed by atoms with E-state index >= 15 is 0 Å². The summed E-state index contributed by atoms with van der Waals surface area (Å²) in [4.78, 5) is 15.4. The number of nitrogens with zero attached hydrogens (tertiary/aromatic N) is 5. The fourth-order valence-electron chi connectivity index (χ4n) is 4.13. The highest BCUT2D eigenvalue weighted by molar-refractivity contribution is 6.08. The van der Waals surface area contributed by atoms with Crippen LogP contribution in [0.15, 0.2) is 64.3 Å². The Kier molecular flexibility index (Phi) is 5.59. The van der Waals surface area contributed by atoms with Crippen LogP contribution in [-0.4, -0.2) is 23.2 Å². The highest BCUT2D eigenvalue weighted by Gasteiger charge is 2.43. The Labute approximate surface area is 172 Å². The first-order valence-corrected chi connectivity index (χ1v) is 9.70. The van der Waals surface area contributed by atoms with Crippen molar-refractivity contribution in [1.82, 2.24) is 5.01 Å². The van der Waals surface area contributed by atoms with E-state index < -0.39 is 5.91 Å². The molecule has 152 valence electrons. The van der Waals surface area contributed by atoms with Gasteiger partial charge in [-0.2, -0.15) is 5.10 Å². The van der Waals surface area contributed by atoms with Gasteiger partial charge in [0.1, 0.15) is 18.2 Å². The van der Waals surface area contributed by atoms with Gasteiger partial charge in [-0.15, -0.1) is 0 Å². The Balaban J connectivity index is 1.73. The van der Waals surface area contributed by atoms with Crippen LogP contribution in [-0.2, 0) is 4.79 Å². The highest BCUT2D eigenvalue weighted by Crippen LogP contribution is 2.44. The Bertz CT molecular complexity index is 1060. The van der Waals surface area contributed by atoms with Crippen molar-refractivity contribution in [3.63, 3.8) is 0 Å². The van der Waals surface area contributed by atoms with Crippen molar-refractivity contribution in [2.75, 3.05) is 6.54 Å². The number of rotatable bonds is 4. The van der Waals surface area contributed by atoms with Crippen molar-refractivity contribution in [2.24, 2.45) is 16.1 Å². The predicted molar refractivity (Wildman–Crippen MR) is 109 cm³/mol. The van der Waals surface area contributed by atoms with E-state index in [9.17, 15) is 13.6 Å². The van der Waals surface area contributed by atoms with Gasteiger partial charge in [-0.1, -0.05) is 29.4 Å². The van der Waals surface area contributed by atoms with Crippen LogP contribution in [0.5, 0.6) is 0 Å². The average molecular weight is 407 g/mol. The molecule has 6 nitrogen and oxygen atoms in total. The van der Waals surface area contributed by atoms with E-state index in [1.54, 1.807) is 24.3 Å². The molecule has 2 aromatic rings. The minimum atomic E-state index is -0.412. The summed E-state index contributed by atoms with van der Waals surface area (Å²) in [6.45, 7) is -0.339. The van der Waals surface area contributed by atoms with E-state index in [1.807, 2.05) is 6.08 Å². The number of amides is 1. The second-order valence-electron chi connectivity index (χ2n) is 7.33. The topological polar surface area (TPSA) is 81.4 Å². The number of allylic oxidation sites excluding steroid dienone is 1. The van der Waals surface area contributed by atoms with Crippen molar-refractivity contribution in [3.05, 3.63) is 87.3 Å². The lowest BCUT2D eigenvalue weighted by atomic mass is 9.77. The molecule has 0 radical (unpaired) electrons. The molecule has 0 aromatic heterocycles. The number of carbonyl (C=O) groups excluding carboxylic acids is 1. The van der Waals surface area contributed by atoms with Crippen molar-refractivity contribution in [3.8, 4) is 0 Å². The van der Waals surface area contributed by atoms with Crippen molar-refractivity contribution in [1.29, 1.82) is 0 Å². The summed E-state index contributed by atoms with van der Waals surface area (Å²) in [6.07, 6.45) is 4.49. The third-order valence-electron chi connectivity index (χ3n) is 5.45. The normalized spacial score (nSPS) is 21.7. The molecule has 0 spiro atoms. The number of hydrogen-bond acceptors (Lipinski definition) is 3. The average Bonchev–Trinajstić information content (AvgIpc) is 3.15. The summed E-state index contributed by atoms with van der Waals surface area (Å²) in [5, 5.41) is 9.37. The van der Waals surface area contributed by atoms with Crippen LogP contribution < -0.4 is 0 Å². The van der Waals surface area contributed by atoms with E-state index in [0.29, 0.717) is 0 Å². The molecule has 2 aromatic carbocycles. The van der Waals surface area contributed by atoms with Crippen LogP contribution in [0.2, 0.25) is 0 Å². The Morgan fingerprint density at radius 2 is 1.83 bits per heavy atom. The van der Waals surface area contributed by atoms with Crippen molar-refractivity contribution in [2.45, 2.75) is 25.3 Å². The fourth-order valence-corrected chi connectivity index (χ4v) is 4.13. The second-order valence-corrected chi connectivity index (χ2v) is 7.33. The lowest BCUT2D eigenvalue weighted by Crippen LogP contribution is -2.33. The number of benzene rings is 2. The molecule has 8 heteroatoms.